The number of aromatic nitrogens is 2. The summed E-state index contributed by atoms with van der Waals surface area (Å²) in [6.45, 7) is 3.04. The summed E-state index contributed by atoms with van der Waals surface area (Å²) in [4.78, 5) is 14.7. The average Bonchev–Trinajstić information content (AvgIpc) is 2.46. The number of fused-ring (bicyclic) bond motifs is 1. The molecule has 0 amide bonds. The lowest BCUT2D eigenvalue weighted by Gasteiger charge is -2.20. The summed E-state index contributed by atoms with van der Waals surface area (Å²) in [5.41, 5.74) is 1.11. The molecule has 0 saturated heterocycles. The maximum Gasteiger partial charge on any atom is 0.356 e. The Hall–Kier alpha value is -1.32. The molecule has 1 atom stereocenters. The second-order valence-electron chi connectivity index (χ2n) is 3.64. The number of carboxylic acid groups (broad SMARTS) is 1. The molecule has 0 aromatic carbocycles. The monoisotopic (exact) mass is 180 g/mol. The molecule has 1 aromatic rings. The van der Waals surface area contributed by atoms with Crippen LogP contribution in [0.4, 0.5) is 0 Å². The fourth-order valence-corrected chi connectivity index (χ4v) is 1.78. The van der Waals surface area contributed by atoms with Gasteiger partial charge in [-0.15, -0.1) is 0 Å². The van der Waals surface area contributed by atoms with Crippen molar-refractivity contribution in [3.63, 3.8) is 0 Å². The van der Waals surface area contributed by atoms with Crippen LogP contribution in [0.25, 0.3) is 0 Å². The maximum atomic E-state index is 10.8. The summed E-state index contributed by atoms with van der Waals surface area (Å²) in [6, 6.07) is 0. The molecular weight excluding hydrogens is 168 g/mol. The van der Waals surface area contributed by atoms with E-state index in [2.05, 4.69) is 11.9 Å². The van der Waals surface area contributed by atoms with Crippen molar-refractivity contribution in [2.75, 3.05) is 0 Å². The van der Waals surface area contributed by atoms with E-state index in [1.807, 2.05) is 4.57 Å². The zero-order chi connectivity index (χ0) is 9.42. The smallest absolute Gasteiger partial charge is 0.356 e. The van der Waals surface area contributed by atoms with E-state index in [1.54, 1.807) is 6.33 Å². The largest absolute Gasteiger partial charge is 0.476 e. The third kappa shape index (κ3) is 1.32. The summed E-state index contributed by atoms with van der Waals surface area (Å²) in [5, 5.41) is 8.84. The number of hydrogen-bond donors (Lipinski definition) is 1. The van der Waals surface area contributed by atoms with Gasteiger partial charge in [0.25, 0.3) is 0 Å². The molecule has 1 aromatic heterocycles. The molecule has 0 spiro atoms. The minimum absolute atomic E-state index is 0.228. The van der Waals surface area contributed by atoms with Crippen LogP contribution in [-0.2, 0) is 13.0 Å². The molecule has 1 N–H and O–H groups in total. The first kappa shape index (κ1) is 8.29. The second-order valence-corrected chi connectivity index (χ2v) is 3.64. The minimum Gasteiger partial charge on any atom is -0.476 e. The van der Waals surface area contributed by atoms with Gasteiger partial charge in [-0.1, -0.05) is 6.92 Å². The SMILES string of the molecule is CC1CCn2cnc(C(=O)O)c2C1. The molecule has 4 heteroatoms. The fraction of sp³-hybridized carbons (Fsp3) is 0.556. The third-order valence-corrected chi connectivity index (χ3v) is 2.55. The lowest BCUT2D eigenvalue weighted by Crippen LogP contribution is -2.18. The van der Waals surface area contributed by atoms with E-state index < -0.39 is 5.97 Å². The zero-order valence-corrected chi connectivity index (χ0v) is 7.53. The summed E-state index contributed by atoms with van der Waals surface area (Å²) < 4.78 is 1.95. The van der Waals surface area contributed by atoms with Crippen molar-refractivity contribution in [3.05, 3.63) is 17.7 Å². The van der Waals surface area contributed by atoms with Gasteiger partial charge in [-0.3, -0.25) is 0 Å². The Kier molecular flexibility index (Phi) is 1.83. The minimum atomic E-state index is -0.914. The van der Waals surface area contributed by atoms with Crippen molar-refractivity contribution in [1.29, 1.82) is 0 Å². The number of rotatable bonds is 1. The first-order chi connectivity index (χ1) is 6.18. The maximum absolute atomic E-state index is 10.8. The molecule has 1 aliphatic rings. The summed E-state index contributed by atoms with van der Waals surface area (Å²) >= 11 is 0. The summed E-state index contributed by atoms with van der Waals surface area (Å²) in [7, 11) is 0. The standard InChI is InChI=1S/C9H12N2O2/c1-6-2-3-11-5-10-8(9(12)13)7(11)4-6/h5-6H,2-4H2,1H3,(H,12,13). The molecule has 13 heavy (non-hydrogen) atoms. The highest BCUT2D eigenvalue weighted by Crippen LogP contribution is 2.22. The fourth-order valence-electron chi connectivity index (χ4n) is 1.78. The topological polar surface area (TPSA) is 55.1 Å². The van der Waals surface area contributed by atoms with Gasteiger partial charge >= 0.3 is 5.97 Å². The first-order valence-corrected chi connectivity index (χ1v) is 4.45. The van der Waals surface area contributed by atoms with Crippen LogP contribution in [0.1, 0.15) is 29.5 Å². The Morgan fingerprint density at radius 2 is 2.54 bits per heavy atom. The molecule has 0 bridgehead atoms. The van der Waals surface area contributed by atoms with Crippen molar-refractivity contribution in [2.24, 2.45) is 5.92 Å². The van der Waals surface area contributed by atoms with Gasteiger partial charge in [0.1, 0.15) is 0 Å². The van der Waals surface area contributed by atoms with Crippen LogP contribution in [0.5, 0.6) is 0 Å². The van der Waals surface area contributed by atoms with E-state index in [-0.39, 0.29) is 5.69 Å². The van der Waals surface area contributed by atoms with Crippen LogP contribution in [0.3, 0.4) is 0 Å². The number of carboxylic acids is 1. The van der Waals surface area contributed by atoms with Crippen molar-refractivity contribution in [1.82, 2.24) is 9.55 Å². The van der Waals surface area contributed by atoms with E-state index in [0.717, 1.165) is 25.1 Å². The Morgan fingerprint density at radius 3 is 3.23 bits per heavy atom. The van der Waals surface area contributed by atoms with Gasteiger partial charge < -0.3 is 9.67 Å². The Labute approximate surface area is 76.2 Å². The predicted molar refractivity (Wildman–Crippen MR) is 46.7 cm³/mol. The van der Waals surface area contributed by atoms with Crippen LogP contribution in [0.2, 0.25) is 0 Å². The average molecular weight is 180 g/mol. The van der Waals surface area contributed by atoms with Crippen LogP contribution >= 0.6 is 0 Å². The number of nitrogens with zero attached hydrogens (tertiary/aromatic N) is 2. The highest BCUT2D eigenvalue weighted by molar-refractivity contribution is 5.86. The van der Waals surface area contributed by atoms with Gasteiger partial charge in [-0.05, 0) is 18.8 Å². The molecule has 1 aliphatic heterocycles. The lowest BCUT2D eigenvalue weighted by molar-refractivity contribution is 0.0689. The lowest BCUT2D eigenvalue weighted by atomic mass is 9.97. The van der Waals surface area contributed by atoms with Crippen LogP contribution in [-0.4, -0.2) is 20.6 Å². The van der Waals surface area contributed by atoms with Crippen LogP contribution in [0, 0.1) is 5.92 Å². The van der Waals surface area contributed by atoms with Crippen molar-refractivity contribution in [2.45, 2.75) is 26.3 Å². The second kappa shape index (κ2) is 2.87. The molecule has 0 fully saturated rings. The first-order valence-electron chi connectivity index (χ1n) is 4.45. The van der Waals surface area contributed by atoms with Gasteiger partial charge in [0, 0.05) is 6.54 Å². The highest BCUT2D eigenvalue weighted by Gasteiger charge is 2.22. The predicted octanol–water partition coefficient (Wildman–Crippen LogP) is 1.16. The van der Waals surface area contributed by atoms with Crippen molar-refractivity contribution in [3.8, 4) is 0 Å². The summed E-state index contributed by atoms with van der Waals surface area (Å²) in [6.07, 6.45) is 3.58. The Morgan fingerprint density at radius 1 is 1.77 bits per heavy atom. The molecule has 0 saturated carbocycles. The number of imidazole rings is 1. The molecule has 70 valence electrons. The number of aromatic carboxylic acids is 1. The van der Waals surface area contributed by atoms with E-state index in [9.17, 15) is 4.79 Å². The quantitative estimate of drug-likeness (QED) is 0.705. The summed E-state index contributed by atoms with van der Waals surface area (Å²) in [5.74, 6) is -0.342. The molecule has 2 heterocycles. The highest BCUT2D eigenvalue weighted by atomic mass is 16.4. The molecular formula is C9H12N2O2. The number of aryl methyl sites for hydroxylation is 1. The van der Waals surface area contributed by atoms with Gasteiger partial charge in [-0.25, -0.2) is 9.78 Å². The van der Waals surface area contributed by atoms with E-state index in [1.165, 1.54) is 0 Å². The molecule has 0 radical (unpaired) electrons. The van der Waals surface area contributed by atoms with Gasteiger partial charge in [0.05, 0.1) is 12.0 Å². The molecule has 0 aliphatic carbocycles. The molecule has 1 unspecified atom stereocenters. The molecule has 4 nitrogen and oxygen atoms in total. The van der Waals surface area contributed by atoms with Gasteiger partial charge in [-0.2, -0.15) is 0 Å². The van der Waals surface area contributed by atoms with E-state index in [0.29, 0.717) is 5.92 Å². The van der Waals surface area contributed by atoms with Crippen LogP contribution < -0.4 is 0 Å². The van der Waals surface area contributed by atoms with E-state index >= 15 is 0 Å². The normalized spacial score (nSPS) is 21.2. The van der Waals surface area contributed by atoms with Crippen molar-refractivity contribution >= 4 is 5.97 Å². The number of carbonyl (C=O) groups is 1. The molecule has 2 rings (SSSR count). The van der Waals surface area contributed by atoms with Gasteiger partial charge in [0.15, 0.2) is 5.69 Å². The zero-order valence-electron chi connectivity index (χ0n) is 7.53. The van der Waals surface area contributed by atoms with E-state index in [4.69, 9.17) is 5.11 Å². The number of hydrogen-bond acceptors (Lipinski definition) is 2. The third-order valence-electron chi connectivity index (χ3n) is 2.55. The van der Waals surface area contributed by atoms with Crippen molar-refractivity contribution < 1.29 is 9.90 Å². The van der Waals surface area contributed by atoms with Gasteiger partial charge in [0.2, 0.25) is 0 Å². The Bertz CT molecular complexity index is 343. The van der Waals surface area contributed by atoms with Crippen LogP contribution in [0.15, 0.2) is 6.33 Å². The Balaban J connectivity index is 2.41.